The molecule has 0 amide bonds. The van der Waals surface area contributed by atoms with Gasteiger partial charge in [0.05, 0.1) is 24.3 Å². The van der Waals surface area contributed by atoms with E-state index in [1.165, 1.54) is 0 Å². The molecule has 0 unspecified atom stereocenters. The third-order valence-electron chi connectivity index (χ3n) is 6.43. The minimum absolute atomic E-state index is 0.304. The summed E-state index contributed by atoms with van der Waals surface area (Å²) < 4.78 is 2.34. The van der Waals surface area contributed by atoms with Gasteiger partial charge in [-0.1, -0.05) is 35.5 Å². The van der Waals surface area contributed by atoms with Crippen molar-refractivity contribution in [2.75, 3.05) is 0 Å². The summed E-state index contributed by atoms with van der Waals surface area (Å²) in [5, 5.41) is 26.4. The molecule has 8 nitrogen and oxygen atoms in total. The summed E-state index contributed by atoms with van der Waals surface area (Å²) in [6.45, 7) is 0.424. The summed E-state index contributed by atoms with van der Waals surface area (Å²) in [6.07, 6.45) is 8.46. The highest BCUT2D eigenvalue weighted by Crippen LogP contribution is 2.37. The quantitative estimate of drug-likeness (QED) is 0.188. The van der Waals surface area contributed by atoms with Gasteiger partial charge in [-0.25, -0.2) is 9.97 Å². The number of amidine groups is 1. The smallest absolute Gasteiger partial charge is 0.173 e. The average Bonchev–Trinajstić information content (AvgIpc) is 3.45. The molecule has 32 heavy (non-hydrogen) atoms. The van der Waals surface area contributed by atoms with Gasteiger partial charge < -0.3 is 20.1 Å². The van der Waals surface area contributed by atoms with E-state index in [-0.39, 0.29) is 0 Å². The molecule has 0 spiro atoms. The van der Waals surface area contributed by atoms with E-state index in [0.29, 0.717) is 30.8 Å². The van der Waals surface area contributed by atoms with Crippen LogP contribution in [0.3, 0.4) is 0 Å². The van der Waals surface area contributed by atoms with E-state index in [0.717, 1.165) is 59.1 Å². The van der Waals surface area contributed by atoms with Gasteiger partial charge in [-0.3, -0.25) is 0 Å². The van der Waals surface area contributed by atoms with E-state index in [2.05, 4.69) is 31.1 Å². The van der Waals surface area contributed by atoms with Crippen molar-refractivity contribution in [3.05, 3.63) is 60.2 Å². The molecule has 0 saturated heterocycles. The van der Waals surface area contributed by atoms with Crippen LogP contribution in [0.5, 0.6) is 0 Å². The van der Waals surface area contributed by atoms with E-state index in [4.69, 9.17) is 10.2 Å². The van der Waals surface area contributed by atoms with E-state index in [1.54, 1.807) is 0 Å². The van der Waals surface area contributed by atoms with Crippen molar-refractivity contribution < 1.29 is 5.21 Å². The third kappa shape index (κ3) is 3.66. The van der Waals surface area contributed by atoms with E-state index >= 15 is 0 Å². The number of hydrogen-bond acceptors (Lipinski definition) is 5. The molecule has 0 atom stereocenters. The Labute approximate surface area is 185 Å². The van der Waals surface area contributed by atoms with Gasteiger partial charge in [-0.15, -0.1) is 0 Å². The summed E-state index contributed by atoms with van der Waals surface area (Å²) in [5.74, 6) is 1.77. The van der Waals surface area contributed by atoms with Crippen LogP contribution in [0, 0.1) is 17.2 Å². The van der Waals surface area contributed by atoms with Crippen LogP contribution in [0.25, 0.3) is 22.1 Å². The van der Waals surface area contributed by atoms with Crippen LogP contribution in [0.4, 0.5) is 0 Å². The lowest BCUT2D eigenvalue weighted by Crippen LogP contribution is -2.27. The van der Waals surface area contributed by atoms with Crippen LogP contribution in [0.15, 0.2) is 53.9 Å². The topological polar surface area (TPSA) is 115 Å². The van der Waals surface area contributed by atoms with Gasteiger partial charge >= 0.3 is 0 Å². The van der Waals surface area contributed by atoms with Gasteiger partial charge in [0, 0.05) is 29.6 Å². The van der Waals surface area contributed by atoms with Crippen molar-refractivity contribution in [2.45, 2.75) is 44.7 Å². The van der Waals surface area contributed by atoms with E-state index in [9.17, 15) is 5.21 Å². The highest BCUT2D eigenvalue weighted by molar-refractivity contribution is 6.01. The first-order valence-corrected chi connectivity index (χ1v) is 11.0. The molecule has 162 valence electrons. The largest absolute Gasteiger partial charge is 0.409 e. The predicted octanol–water partition coefficient (Wildman–Crippen LogP) is 4.48. The van der Waals surface area contributed by atoms with Crippen LogP contribution in [0.1, 0.15) is 49.5 Å². The molecule has 1 aromatic carbocycles. The average molecular weight is 428 g/mol. The lowest BCUT2D eigenvalue weighted by atomic mass is 9.84. The molecule has 5 rings (SSSR count). The Balaban J connectivity index is 1.51. The fourth-order valence-corrected chi connectivity index (χ4v) is 4.85. The maximum absolute atomic E-state index is 9.57. The molecular weight excluding hydrogens is 402 g/mol. The molecule has 3 aromatic heterocycles. The molecule has 1 aliphatic carbocycles. The Morgan fingerprint density at radius 3 is 2.78 bits per heavy atom. The number of benzene rings is 1. The van der Waals surface area contributed by atoms with Crippen molar-refractivity contribution in [3.63, 3.8) is 0 Å². The maximum atomic E-state index is 9.57. The number of imidazole rings is 1. The number of H-pyrrole nitrogens is 1. The number of nitrogens with zero attached hydrogens (tertiary/aromatic N) is 5. The van der Waals surface area contributed by atoms with Gasteiger partial charge in [-0.05, 0) is 37.7 Å². The molecule has 4 aromatic rings. The molecule has 0 aliphatic heterocycles. The van der Waals surface area contributed by atoms with Crippen LogP contribution in [0.2, 0.25) is 0 Å². The zero-order valence-corrected chi connectivity index (χ0v) is 17.7. The molecule has 1 saturated carbocycles. The van der Waals surface area contributed by atoms with E-state index in [1.807, 2.05) is 48.8 Å². The van der Waals surface area contributed by atoms with Gasteiger partial charge in [0.25, 0.3) is 0 Å². The second-order valence-corrected chi connectivity index (χ2v) is 8.34. The Kier molecular flexibility index (Phi) is 5.46. The highest BCUT2D eigenvalue weighted by Gasteiger charge is 2.27. The predicted molar refractivity (Wildman–Crippen MR) is 122 cm³/mol. The van der Waals surface area contributed by atoms with Crippen LogP contribution in [-0.4, -0.2) is 30.6 Å². The summed E-state index contributed by atoms with van der Waals surface area (Å²) in [5.41, 5.74) is 3.59. The highest BCUT2D eigenvalue weighted by atomic mass is 16.4. The van der Waals surface area contributed by atoms with Crippen molar-refractivity contribution in [1.29, 1.82) is 5.26 Å². The lowest BCUT2D eigenvalue weighted by molar-refractivity contribution is 0.277. The SMILES string of the molecule is N#CCC1CCC(n2c(CN/C(=N/O)c3ccccc3)nc3cnc4[nH]ccc4c32)CC1. The Morgan fingerprint density at radius 2 is 2.03 bits per heavy atom. The summed E-state index contributed by atoms with van der Waals surface area (Å²) in [6, 6.07) is 14.2. The Hall–Kier alpha value is -3.86. The molecule has 3 heterocycles. The number of nitriles is 1. The standard InChI is InChI=1S/C24H25N7O/c25-12-10-16-6-8-18(9-7-16)31-21(15-28-23(30-32)17-4-2-1-3-5-17)29-20-14-27-24-19(22(20)31)11-13-26-24/h1-5,11,13-14,16,18,32H,6-10,15H2,(H,26,27)(H,28,30). The van der Waals surface area contributed by atoms with Crippen molar-refractivity contribution in [1.82, 2.24) is 24.8 Å². The first-order valence-electron chi connectivity index (χ1n) is 11.0. The number of pyridine rings is 1. The molecule has 0 radical (unpaired) electrons. The monoisotopic (exact) mass is 427 g/mol. The first kappa shape index (κ1) is 20.1. The zero-order chi connectivity index (χ0) is 21.9. The summed E-state index contributed by atoms with van der Waals surface area (Å²) in [4.78, 5) is 12.6. The van der Waals surface area contributed by atoms with Gasteiger partial charge in [-0.2, -0.15) is 5.26 Å². The van der Waals surface area contributed by atoms with E-state index < -0.39 is 0 Å². The zero-order valence-electron chi connectivity index (χ0n) is 17.7. The normalized spacial score (nSPS) is 19.3. The van der Waals surface area contributed by atoms with Crippen LogP contribution >= 0.6 is 0 Å². The molecule has 0 bridgehead atoms. The fraction of sp³-hybridized carbons (Fsp3) is 0.333. The molecule has 8 heteroatoms. The van der Waals surface area contributed by atoms with Crippen LogP contribution in [-0.2, 0) is 6.54 Å². The third-order valence-corrected chi connectivity index (χ3v) is 6.43. The molecule has 3 N–H and O–H groups in total. The number of aromatic amines is 1. The number of aromatic nitrogens is 4. The second kappa shape index (κ2) is 8.71. The second-order valence-electron chi connectivity index (χ2n) is 8.34. The van der Waals surface area contributed by atoms with Crippen molar-refractivity contribution in [2.24, 2.45) is 11.1 Å². The summed E-state index contributed by atoms with van der Waals surface area (Å²) in [7, 11) is 0. The van der Waals surface area contributed by atoms with Crippen molar-refractivity contribution >= 4 is 27.9 Å². The molecule has 1 aliphatic rings. The number of hydrogen-bond donors (Lipinski definition) is 3. The molecule has 1 fully saturated rings. The minimum Gasteiger partial charge on any atom is -0.409 e. The first-order chi connectivity index (χ1) is 15.8. The minimum atomic E-state index is 0.304. The number of fused-ring (bicyclic) bond motifs is 3. The summed E-state index contributed by atoms with van der Waals surface area (Å²) >= 11 is 0. The Morgan fingerprint density at radius 1 is 1.22 bits per heavy atom. The fourth-order valence-electron chi connectivity index (χ4n) is 4.85. The van der Waals surface area contributed by atoms with Gasteiger partial charge in [0.2, 0.25) is 0 Å². The molecular formula is C24H25N7O. The van der Waals surface area contributed by atoms with Crippen molar-refractivity contribution in [3.8, 4) is 6.07 Å². The Bertz CT molecular complexity index is 1290. The number of rotatable bonds is 5. The van der Waals surface area contributed by atoms with Gasteiger partial charge in [0.1, 0.15) is 17.0 Å². The van der Waals surface area contributed by atoms with Crippen LogP contribution < -0.4 is 5.32 Å². The number of nitrogens with one attached hydrogen (secondary N) is 2. The maximum Gasteiger partial charge on any atom is 0.173 e. The van der Waals surface area contributed by atoms with Gasteiger partial charge in [0.15, 0.2) is 5.84 Å². The number of oxime groups is 1. The lowest BCUT2D eigenvalue weighted by Gasteiger charge is -2.30.